The molecule has 1 aromatic rings. The Morgan fingerprint density at radius 2 is 2.12 bits per heavy atom. The number of carbonyl (C=O) groups is 1. The van der Waals surface area contributed by atoms with Gasteiger partial charge in [0.1, 0.15) is 11.3 Å². The fraction of sp³-hybridized carbons (Fsp3) is 0.462. The normalized spacial score (nSPS) is 10.5. The van der Waals surface area contributed by atoms with E-state index in [4.69, 9.17) is 4.74 Å². The van der Waals surface area contributed by atoms with Crippen LogP contribution in [0, 0.1) is 5.92 Å². The summed E-state index contributed by atoms with van der Waals surface area (Å²) in [7, 11) is 0. The Morgan fingerprint density at radius 1 is 1.44 bits per heavy atom. The molecule has 16 heavy (non-hydrogen) atoms. The molecular formula is C13H18O3. The molecule has 1 rings (SSSR count). The minimum Gasteiger partial charge on any atom is -0.507 e. The Morgan fingerprint density at radius 3 is 2.62 bits per heavy atom. The zero-order valence-corrected chi connectivity index (χ0v) is 9.99. The molecule has 0 saturated heterocycles. The van der Waals surface area contributed by atoms with Crippen LogP contribution in [0.15, 0.2) is 18.2 Å². The van der Waals surface area contributed by atoms with Crippen molar-refractivity contribution in [1.29, 1.82) is 0 Å². The number of hydrogen-bond acceptors (Lipinski definition) is 3. The molecule has 0 radical (unpaired) electrons. The van der Waals surface area contributed by atoms with Crippen molar-refractivity contribution in [3.63, 3.8) is 0 Å². The maximum Gasteiger partial charge on any atom is 0.341 e. The average Bonchev–Trinajstić information content (AvgIpc) is 2.25. The van der Waals surface area contributed by atoms with Gasteiger partial charge in [-0.05, 0) is 30.0 Å². The van der Waals surface area contributed by atoms with Gasteiger partial charge < -0.3 is 9.84 Å². The van der Waals surface area contributed by atoms with Crippen molar-refractivity contribution in [2.75, 3.05) is 6.61 Å². The summed E-state index contributed by atoms with van der Waals surface area (Å²) >= 11 is 0. The van der Waals surface area contributed by atoms with Crippen molar-refractivity contribution in [2.45, 2.75) is 27.2 Å². The first kappa shape index (κ1) is 12.6. The van der Waals surface area contributed by atoms with E-state index in [0.29, 0.717) is 12.5 Å². The minimum absolute atomic E-state index is 0.00638. The van der Waals surface area contributed by atoms with E-state index in [0.717, 1.165) is 12.0 Å². The van der Waals surface area contributed by atoms with E-state index < -0.39 is 5.97 Å². The number of esters is 1. The summed E-state index contributed by atoms with van der Waals surface area (Å²) in [5.41, 5.74) is 1.23. The third-order valence-corrected chi connectivity index (χ3v) is 2.24. The topological polar surface area (TPSA) is 46.5 Å². The number of phenols is 1. The van der Waals surface area contributed by atoms with Crippen LogP contribution in [-0.4, -0.2) is 17.7 Å². The highest BCUT2D eigenvalue weighted by Gasteiger charge is 2.13. The highest BCUT2D eigenvalue weighted by atomic mass is 16.5. The van der Waals surface area contributed by atoms with Gasteiger partial charge in [0.2, 0.25) is 0 Å². The molecule has 1 N–H and O–H groups in total. The van der Waals surface area contributed by atoms with Gasteiger partial charge in [-0.2, -0.15) is 0 Å². The standard InChI is InChI=1S/C13H18O3/c1-4-10-5-6-11(12(14)7-10)13(15)16-8-9(2)3/h5-7,9,14H,4,8H2,1-3H3. The first-order chi connectivity index (χ1) is 7.54. The highest BCUT2D eigenvalue weighted by Crippen LogP contribution is 2.20. The summed E-state index contributed by atoms with van der Waals surface area (Å²) in [6, 6.07) is 5.04. The van der Waals surface area contributed by atoms with Gasteiger partial charge in [0.05, 0.1) is 6.61 Å². The summed E-state index contributed by atoms with van der Waals surface area (Å²) < 4.78 is 5.04. The maximum atomic E-state index is 11.6. The summed E-state index contributed by atoms with van der Waals surface area (Å²) in [5.74, 6) is -0.178. The fourth-order valence-corrected chi connectivity index (χ4v) is 1.29. The number of ether oxygens (including phenoxy) is 1. The lowest BCUT2D eigenvalue weighted by molar-refractivity contribution is 0.0455. The zero-order chi connectivity index (χ0) is 12.1. The monoisotopic (exact) mass is 222 g/mol. The van der Waals surface area contributed by atoms with Crippen LogP contribution in [0.4, 0.5) is 0 Å². The van der Waals surface area contributed by atoms with E-state index in [1.54, 1.807) is 12.1 Å². The quantitative estimate of drug-likeness (QED) is 0.797. The molecule has 0 aliphatic rings. The van der Waals surface area contributed by atoms with Crippen molar-refractivity contribution in [3.8, 4) is 5.75 Å². The minimum atomic E-state index is -0.464. The Kier molecular flexibility index (Phi) is 4.35. The third kappa shape index (κ3) is 3.26. The number of phenolic OH excluding ortho intramolecular Hbond substituents is 1. The van der Waals surface area contributed by atoms with Gasteiger partial charge in [-0.3, -0.25) is 0 Å². The van der Waals surface area contributed by atoms with Crippen LogP contribution in [0.25, 0.3) is 0 Å². The van der Waals surface area contributed by atoms with Crippen LogP contribution in [-0.2, 0) is 11.2 Å². The number of aryl methyl sites for hydroxylation is 1. The van der Waals surface area contributed by atoms with Crippen molar-refractivity contribution < 1.29 is 14.6 Å². The molecule has 0 amide bonds. The van der Waals surface area contributed by atoms with Gasteiger partial charge in [0.25, 0.3) is 0 Å². The Labute approximate surface area is 96.1 Å². The van der Waals surface area contributed by atoms with Gasteiger partial charge in [-0.15, -0.1) is 0 Å². The van der Waals surface area contributed by atoms with Gasteiger partial charge in [-0.25, -0.2) is 4.79 Å². The van der Waals surface area contributed by atoms with E-state index in [2.05, 4.69) is 0 Å². The van der Waals surface area contributed by atoms with Gasteiger partial charge in [-0.1, -0.05) is 26.8 Å². The molecule has 0 spiro atoms. The average molecular weight is 222 g/mol. The number of hydrogen-bond donors (Lipinski definition) is 1. The van der Waals surface area contributed by atoms with Crippen molar-refractivity contribution in [3.05, 3.63) is 29.3 Å². The SMILES string of the molecule is CCc1ccc(C(=O)OCC(C)C)c(O)c1. The van der Waals surface area contributed by atoms with Crippen LogP contribution in [0.2, 0.25) is 0 Å². The molecule has 0 saturated carbocycles. The van der Waals surface area contributed by atoms with Crippen molar-refractivity contribution >= 4 is 5.97 Å². The smallest absolute Gasteiger partial charge is 0.341 e. The summed E-state index contributed by atoms with van der Waals surface area (Å²) in [4.78, 5) is 11.6. The predicted octanol–water partition coefficient (Wildman–Crippen LogP) is 2.77. The third-order valence-electron chi connectivity index (χ3n) is 2.24. The van der Waals surface area contributed by atoms with Gasteiger partial charge in [0.15, 0.2) is 0 Å². The zero-order valence-electron chi connectivity index (χ0n) is 9.99. The van der Waals surface area contributed by atoms with Crippen LogP contribution >= 0.6 is 0 Å². The molecule has 1 aromatic carbocycles. The van der Waals surface area contributed by atoms with Gasteiger partial charge in [0, 0.05) is 0 Å². The lowest BCUT2D eigenvalue weighted by Crippen LogP contribution is -2.10. The van der Waals surface area contributed by atoms with E-state index in [1.165, 1.54) is 0 Å². The molecule has 0 heterocycles. The highest BCUT2D eigenvalue weighted by molar-refractivity contribution is 5.92. The molecule has 0 unspecified atom stereocenters. The number of benzene rings is 1. The molecule has 3 heteroatoms. The summed E-state index contributed by atoms with van der Waals surface area (Å²) in [6.45, 7) is 6.29. The van der Waals surface area contributed by atoms with Crippen LogP contribution in [0.5, 0.6) is 5.75 Å². The molecule has 0 fully saturated rings. The first-order valence-electron chi connectivity index (χ1n) is 5.53. The van der Waals surface area contributed by atoms with Crippen molar-refractivity contribution in [1.82, 2.24) is 0 Å². The first-order valence-corrected chi connectivity index (χ1v) is 5.53. The van der Waals surface area contributed by atoms with Crippen molar-refractivity contribution in [2.24, 2.45) is 5.92 Å². The molecule has 3 nitrogen and oxygen atoms in total. The molecule has 0 aromatic heterocycles. The molecule has 0 bridgehead atoms. The van der Waals surface area contributed by atoms with Crippen LogP contribution in [0.3, 0.4) is 0 Å². The summed E-state index contributed by atoms with van der Waals surface area (Å²) in [6.07, 6.45) is 0.828. The van der Waals surface area contributed by atoms with E-state index in [-0.39, 0.29) is 11.3 Å². The largest absolute Gasteiger partial charge is 0.507 e. The van der Waals surface area contributed by atoms with Crippen LogP contribution < -0.4 is 0 Å². The second kappa shape index (κ2) is 5.54. The second-order valence-electron chi connectivity index (χ2n) is 4.20. The fourth-order valence-electron chi connectivity index (χ4n) is 1.29. The van der Waals surface area contributed by atoms with Crippen LogP contribution in [0.1, 0.15) is 36.7 Å². The molecule has 0 aliphatic heterocycles. The molecule has 88 valence electrons. The lowest BCUT2D eigenvalue weighted by Gasteiger charge is -2.09. The van der Waals surface area contributed by atoms with E-state index in [9.17, 15) is 9.90 Å². The number of rotatable bonds is 4. The molecule has 0 atom stereocenters. The lowest BCUT2D eigenvalue weighted by atomic mass is 10.1. The number of aromatic hydroxyl groups is 1. The molecule has 0 aliphatic carbocycles. The Hall–Kier alpha value is -1.51. The molecular weight excluding hydrogens is 204 g/mol. The number of carbonyl (C=O) groups excluding carboxylic acids is 1. The van der Waals surface area contributed by atoms with E-state index >= 15 is 0 Å². The predicted molar refractivity (Wildman–Crippen MR) is 62.6 cm³/mol. The second-order valence-corrected chi connectivity index (χ2v) is 4.20. The Balaban J connectivity index is 2.76. The van der Waals surface area contributed by atoms with E-state index in [1.807, 2.05) is 26.8 Å². The maximum absolute atomic E-state index is 11.6. The van der Waals surface area contributed by atoms with Gasteiger partial charge >= 0.3 is 5.97 Å². The summed E-state index contributed by atoms with van der Waals surface area (Å²) in [5, 5.41) is 9.66. The Bertz CT molecular complexity index is 369.